The molecule has 1 aromatic heterocycles. The Bertz CT molecular complexity index is 1260. The molecule has 7 nitrogen and oxygen atoms in total. The van der Waals surface area contributed by atoms with Crippen molar-refractivity contribution in [3.8, 4) is 0 Å². The van der Waals surface area contributed by atoms with E-state index in [1.807, 2.05) is 6.07 Å². The third-order valence-electron chi connectivity index (χ3n) is 5.95. The first-order valence-electron chi connectivity index (χ1n) is 10.4. The minimum atomic E-state index is -0.849. The molecule has 33 heavy (non-hydrogen) atoms. The van der Waals surface area contributed by atoms with Crippen LogP contribution in [-0.4, -0.2) is 30.8 Å². The normalized spacial score (nSPS) is 17.4. The fraction of sp³-hybridized carbons (Fsp3) is 0.208. The molecular weight excluding hydrogens is 432 g/mol. The van der Waals surface area contributed by atoms with Gasteiger partial charge in [0, 0.05) is 37.0 Å². The Labute approximate surface area is 187 Å². The zero-order valence-electron chi connectivity index (χ0n) is 17.4. The highest BCUT2D eigenvalue weighted by atomic mass is 19.1. The molecule has 5 rings (SSSR count). The van der Waals surface area contributed by atoms with E-state index in [0.717, 1.165) is 17.3 Å². The quantitative estimate of drug-likeness (QED) is 0.655. The largest absolute Gasteiger partial charge is 0.472 e. The van der Waals surface area contributed by atoms with E-state index in [2.05, 4.69) is 5.32 Å². The number of fused-ring (bicyclic) bond motifs is 1. The van der Waals surface area contributed by atoms with Crippen molar-refractivity contribution in [1.29, 1.82) is 0 Å². The summed E-state index contributed by atoms with van der Waals surface area (Å²) in [5.41, 5.74) is 2.66. The topological polar surface area (TPSA) is 82.9 Å². The van der Waals surface area contributed by atoms with E-state index in [4.69, 9.17) is 4.42 Å². The first kappa shape index (κ1) is 20.9. The molecule has 0 radical (unpaired) electrons. The van der Waals surface area contributed by atoms with Crippen LogP contribution in [0.1, 0.15) is 22.3 Å². The Hall–Kier alpha value is -4.01. The van der Waals surface area contributed by atoms with Crippen molar-refractivity contribution in [2.45, 2.75) is 12.8 Å². The predicted molar refractivity (Wildman–Crippen MR) is 116 cm³/mol. The smallest absolute Gasteiger partial charge is 0.261 e. The Morgan fingerprint density at radius 1 is 1.06 bits per heavy atom. The Morgan fingerprint density at radius 3 is 2.64 bits per heavy atom. The summed E-state index contributed by atoms with van der Waals surface area (Å²) >= 11 is 0. The fourth-order valence-electron chi connectivity index (χ4n) is 4.29. The number of benzene rings is 2. The maximum absolute atomic E-state index is 14.1. The maximum Gasteiger partial charge on any atom is 0.261 e. The number of hydrogen-bond acceptors (Lipinski definition) is 4. The van der Waals surface area contributed by atoms with Crippen LogP contribution in [0.15, 0.2) is 59.4 Å². The molecule has 0 spiro atoms. The van der Waals surface area contributed by atoms with Crippen molar-refractivity contribution in [3.63, 3.8) is 0 Å². The van der Waals surface area contributed by atoms with Gasteiger partial charge in [-0.05, 0) is 48.4 Å². The van der Waals surface area contributed by atoms with Crippen molar-refractivity contribution in [1.82, 2.24) is 0 Å². The van der Waals surface area contributed by atoms with Crippen LogP contribution in [0.4, 0.5) is 25.8 Å². The molecule has 1 atom stereocenters. The monoisotopic (exact) mass is 451 g/mol. The number of anilines is 3. The predicted octanol–water partition coefficient (Wildman–Crippen LogP) is 3.75. The van der Waals surface area contributed by atoms with Gasteiger partial charge in [0.2, 0.25) is 11.8 Å². The minimum Gasteiger partial charge on any atom is -0.472 e. The van der Waals surface area contributed by atoms with Gasteiger partial charge in [-0.1, -0.05) is 0 Å². The molecule has 1 N–H and O–H groups in total. The van der Waals surface area contributed by atoms with Crippen molar-refractivity contribution in [3.05, 3.63) is 77.8 Å². The van der Waals surface area contributed by atoms with Gasteiger partial charge in [0.25, 0.3) is 5.91 Å². The molecule has 0 aliphatic carbocycles. The third-order valence-corrected chi connectivity index (χ3v) is 5.95. The summed E-state index contributed by atoms with van der Waals surface area (Å²) in [5, 5.41) is 2.81. The van der Waals surface area contributed by atoms with Gasteiger partial charge >= 0.3 is 0 Å². The van der Waals surface area contributed by atoms with E-state index in [1.54, 1.807) is 23.1 Å². The van der Waals surface area contributed by atoms with Gasteiger partial charge in [0.15, 0.2) is 0 Å². The highest BCUT2D eigenvalue weighted by Gasteiger charge is 2.36. The van der Waals surface area contributed by atoms with Crippen LogP contribution in [0.25, 0.3) is 0 Å². The molecule has 9 heteroatoms. The molecular formula is C24H19F2N3O4. The van der Waals surface area contributed by atoms with Crippen molar-refractivity contribution in [2.24, 2.45) is 5.92 Å². The molecule has 2 aliphatic heterocycles. The van der Waals surface area contributed by atoms with E-state index in [9.17, 15) is 23.2 Å². The van der Waals surface area contributed by atoms with E-state index in [0.29, 0.717) is 30.3 Å². The lowest BCUT2D eigenvalue weighted by Gasteiger charge is -2.18. The Kier molecular flexibility index (Phi) is 5.16. The van der Waals surface area contributed by atoms with Crippen LogP contribution in [0.5, 0.6) is 0 Å². The van der Waals surface area contributed by atoms with Gasteiger partial charge in [-0.2, -0.15) is 0 Å². The molecule has 1 fully saturated rings. The molecule has 2 aromatic carbocycles. The number of halogens is 2. The van der Waals surface area contributed by atoms with Crippen LogP contribution >= 0.6 is 0 Å². The average Bonchev–Trinajstić information content (AvgIpc) is 3.53. The summed E-state index contributed by atoms with van der Waals surface area (Å²) < 4.78 is 32.3. The number of hydrogen-bond donors (Lipinski definition) is 1. The summed E-state index contributed by atoms with van der Waals surface area (Å²) in [6, 6.07) is 9.87. The van der Waals surface area contributed by atoms with Crippen LogP contribution in [0.3, 0.4) is 0 Å². The molecule has 3 heterocycles. The summed E-state index contributed by atoms with van der Waals surface area (Å²) in [6.45, 7) is 0.525. The van der Waals surface area contributed by atoms with Gasteiger partial charge in [0.05, 0.1) is 23.4 Å². The van der Waals surface area contributed by atoms with Crippen LogP contribution in [0, 0.1) is 17.6 Å². The molecule has 3 aromatic rings. The standard InChI is InChI=1S/C24H19F2N3O4/c25-17-1-3-21(19(26)11-17)29-12-16(10-22(29)30)23(31)27-18-2-4-20-14(9-18)5-7-28(20)24(32)15-6-8-33-13-15/h1-4,6,8-9,11,13,16H,5,7,10,12H2,(H,27,31). The second kappa shape index (κ2) is 8.16. The lowest BCUT2D eigenvalue weighted by molar-refractivity contribution is -0.122. The van der Waals surface area contributed by atoms with E-state index < -0.39 is 23.5 Å². The average molecular weight is 451 g/mol. The highest BCUT2D eigenvalue weighted by Crippen LogP contribution is 2.33. The zero-order chi connectivity index (χ0) is 23.1. The van der Waals surface area contributed by atoms with Crippen LogP contribution in [-0.2, 0) is 16.0 Å². The Balaban J connectivity index is 1.27. The molecule has 168 valence electrons. The molecule has 0 saturated carbocycles. The van der Waals surface area contributed by atoms with Crippen molar-refractivity contribution in [2.75, 3.05) is 28.2 Å². The maximum atomic E-state index is 14.1. The summed E-state index contributed by atoms with van der Waals surface area (Å²) in [7, 11) is 0. The summed E-state index contributed by atoms with van der Waals surface area (Å²) in [6.07, 6.45) is 3.42. The number of furan rings is 1. The number of amides is 3. The van der Waals surface area contributed by atoms with Crippen molar-refractivity contribution >= 4 is 34.8 Å². The molecule has 2 aliphatic rings. The van der Waals surface area contributed by atoms with Gasteiger partial charge in [-0.3, -0.25) is 14.4 Å². The Morgan fingerprint density at radius 2 is 1.88 bits per heavy atom. The first-order valence-corrected chi connectivity index (χ1v) is 10.4. The SMILES string of the molecule is O=C(Nc1ccc2c(c1)CCN2C(=O)c1ccoc1)C1CC(=O)N(c2ccc(F)cc2F)C1. The third kappa shape index (κ3) is 3.86. The number of carbonyl (C=O) groups is 3. The lowest BCUT2D eigenvalue weighted by atomic mass is 10.1. The van der Waals surface area contributed by atoms with Crippen LogP contribution < -0.4 is 15.1 Å². The van der Waals surface area contributed by atoms with Gasteiger partial charge in [-0.25, -0.2) is 8.78 Å². The number of nitrogens with zero attached hydrogens (tertiary/aromatic N) is 2. The van der Waals surface area contributed by atoms with E-state index in [-0.39, 0.29) is 30.5 Å². The molecule has 1 unspecified atom stereocenters. The first-order chi connectivity index (χ1) is 15.9. The number of nitrogens with one attached hydrogen (secondary N) is 1. The van der Waals surface area contributed by atoms with E-state index in [1.165, 1.54) is 23.5 Å². The second-order valence-electron chi connectivity index (χ2n) is 8.05. The van der Waals surface area contributed by atoms with Gasteiger partial charge < -0.3 is 19.5 Å². The molecule has 3 amide bonds. The van der Waals surface area contributed by atoms with E-state index >= 15 is 0 Å². The fourth-order valence-corrected chi connectivity index (χ4v) is 4.29. The zero-order valence-corrected chi connectivity index (χ0v) is 17.4. The second-order valence-corrected chi connectivity index (χ2v) is 8.05. The summed E-state index contributed by atoms with van der Waals surface area (Å²) in [5.74, 6) is -3.18. The summed E-state index contributed by atoms with van der Waals surface area (Å²) in [4.78, 5) is 40.6. The number of rotatable bonds is 4. The molecule has 0 bridgehead atoms. The van der Waals surface area contributed by atoms with Crippen molar-refractivity contribution < 1.29 is 27.6 Å². The minimum absolute atomic E-state index is 0.00510. The lowest BCUT2D eigenvalue weighted by Crippen LogP contribution is -2.29. The number of carbonyl (C=O) groups excluding carboxylic acids is 3. The van der Waals surface area contributed by atoms with Gasteiger partial charge in [-0.15, -0.1) is 0 Å². The molecule has 1 saturated heterocycles. The van der Waals surface area contributed by atoms with Gasteiger partial charge in [0.1, 0.15) is 17.9 Å². The highest BCUT2D eigenvalue weighted by molar-refractivity contribution is 6.07. The van der Waals surface area contributed by atoms with Crippen LogP contribution in [0.2, 0.25) is 0 Å².